The number of aryl methyl sites for hydroxylation is 1. The van der Waals surface area contributed by atoms with Gasteiger partial charge in [0.05, 0.1) is 0 Å². The predicted molar refractivity (Wildman–Crippen MR) is 89.6 cm³/mol. The quantitative estimate of drug-likeness (QED) is 0.862. The summed E-state index contributed by atoms with van der Waals surface area (Å²) in [5.41, 5.74) is 8.00. The number of nitrogens with two attached hydrogens (primary N) is 1. The van der Waals surface area contributed by atoms with E-state index in [-0.39, 0.29) is 12.1 Å². The second-order valence-electron chi connectivity index (χ2n) is 7.13. The van der Waals surface area contributed by atoms with Crippen LogP contribution in [0.4, 0.5) is 0 Å². The first-order valence-corrected chi connectivity index (χ1v) is 8.48. The van der Waals surface area contributed by atoms with Crippen molar-refractivity contribution in [1.29, 1.82) is 0 Å². The van der Waals surface area contributed by atoms with Crippen LogP contribution in [0.1, 0.15) is 58.9 Å². The van der Waals surface area contributed by atoms with Gasteiger partial charge in [0.2, 0.25) is 0 Å². The summed E-state index contributed by atoms with van der Waals surface area (Å²) in [6.07, 6.45) is 5.76. The molecule has 2 rings (SSSR count). The summed E-state index contributed by atoms with van der Waals surface area (Å²) in [6, 6.07) is 8.53. The van der Waals surface area contributed by atoms with Gasteiger partial charge in [-0.3, -0.25) is 0 Å². The molecule has 0 spiro atoms. The predicted octanol–water partition coefficient (Wildman–Crippen LogP) is 4.56. The Balaban J connectivity index is 2.10. The van der Waals surface area contributed by atoms with Gasteiger partial charge in [0, 0.05) is 6.04 Å². The summed E-state index contributed by atoms with van der Waals surface area (Å²) in [5, 5.41) is 0. The molecule has 2 heteroatoms. The van der Waals surface area contributed by atoms with Crippen LogP contribution in [0.25, 0.3) is 0 Å². The van der Waals surface area contributed by atoms with Crippen LogP contribution in [0.3, 0.4) is 0 Å². The number of rotatable bonds is 5. The third-order valence-corrected chi connectivity index (χ3v) is 5.49. The van der Waals surface area contributed by atoms with Gasteiger partial charge in [-0.1, -0.05) is 52.3 Å². The molecule has 2 N–H and O–H groups in total. The zero-order valence-electron chi connectivity index (χ0n) is 14.1. The highest BCUT2D eigenvalue weighted by Gasteiger charge is 2.37. The molecule has 21 heavy (non-hydrogen) atoms. The van der Waals surface area contributed by atoms with Gasteiger partial charge in [-0.2, -0.15) is 0 Å². The van der Waals surface area contributed by atoms with Crippen molar-refractivity contribution in [3.63, 3.8) is 0 Å². The van der Waals surface area contributed by atoms with Crippen LogP contribution >= 0.6 is 0 Å². The Labute approximate surface area is 130 Å². The smallest absolute Gasteiger partial charge is 0.122 e. The van der Waals surface area contributed by atoms with E-state index in [0.717, 1.165) is 25.0 Å². The highest BCUT2D eigenvalue weighted by molar-refractivity contribution is 5.33. The first kappa shape index (κ1) is 16.4. The van der Waals surface area contributed by atoms with E-state index in [1.807, 2.05) is 0 Å². The lowest BCUT2D eigenvalue weighted by atomic mass is 9.68. The Morgan fingerprint density at radius 3 is 2.57 bits per heavy atom. The van der Waals surface area contributed by atoms with E-state index in [1.54, 1.807) is 0 Å². The normalized spacial score (nSPS) is 26.6. The van der Waals surface area contributed by atoms with Gasteiger partial charge >= 0.3 is 0 Å². The molecule has 1 saturated carbocycles. The molecular formula is C19H31NO. The number of hydrogen-bond acceptors (Lipinski definition) is 2. The van der Waals surface area contributed by atoms with E-state index in [1.165, 1.54) is 18.4 Å². The second-order valence-corrected chi connectivity index (χ2v) is 7.13. The summed E-state index contributed by atoms with van der Waals surface area (Å²) < 4.78 is 6.33. The summed E-state index contributed by atoms with van der Waals surface area (Å²) in [5.74, 6) is 1.73. The number of para-hydroxylation sites is 1. The number of benzene rings is 1. The van der Waals surface area contributed by atoms with Gasteiger partial charge in [-0.05, 0) is 48.6 Å². The standard InChI is InChI=1S/C19H31NO/c1-5-14-9-7-8-10-17(14)21-18-13-15(11-12-16(18)20)19(3,4)6-2/h7-10,15-16,18H,5-6,11-13,20H2,1-4H3. The SMILES string of the molecule is CCc1ccccc1OC1CC(C(C)(C)CC)CCC1N. The molecule has 1 fully saturated rings. The maximum atomic E-state index is 6.34. The van der Waals surface area contributed by atoms with E-state index in [0.29, 0.717) is 11.3 Å². The average Bonchev–Trinajstić information content (AvgIpc) is 2.49. The maximum Gasteiger partial charge on any atom is 0.122 e. The summed E-state index contributed by atoms with van der Waals surface area (Å²) in [4.78, 5) is 0. The van der Waals surface area contributed by atoms with Crippen LogP contribution in [-0.4, -0.2) is 12.1 Å². The molecule has 0 amide bonds. The van der Waals surface area contributed by atoms with Crippen LogP contribution in [0.5, 0.6) is 5.75 Å². The van der Waals surface area contributed by atoms with Gasteiger partial charge in [0.25, 0.3) is 0 Å². The Morgan fingerprint density at radius 2 is 1.90 bits per heavy atom. The van der Waals surface area contributed by atoms with E-state index in [9.17, 15) is 0 Å². The minimum Gasteiger partial charge on any atom is -0.489 e. The van der Waals surface area contributed by atoms with Crippen molar-refractivity contribution in [3.8, 4) is 5.75 Å². The molecule has 2 nitrogen and oxygen atoms in total. The topological polar surface area (TPSA) is 35.2 Å². The molecule has 1 aromatic rings. The first-order valence-electron chi connectivity index (χ1n) is 8.48. The van der Waals surface area contributed by atoms with E-state index in [2.05, 4.69) is 52.0 Å². The fourth-order valence-electron chi connectivity index (χ4n) is 3.36. The van der Waals surface area contributed by atoms with Gasteiger partial charge in [0.1, 0.15) is 11.9 Å². The van der Waals surface area contributed by atoms with Gasteiger partial charge < -0.3 is 10.5 Å². The lowest BCUT2D eigenvalue weighted by Crippen LogP contribution is -2.46. The molecule has 0 bridgehead atoms. The van der Waals surface area contributed by atoms with Crippen molar-refractivity contribution in [1.82, 2.24) is 0 Å². The third kappa shape index (κ3) is 3.79. The molecule has 3 unspecified atom stereocenters. The van der Waals surface area contributed by atoms with Gasteiger partial charge in [-0.25, -0.2) is 0 Å². The second kappa shape index (κ2) is 6.83. The number of ether oxygens (including phenoxy) is 1. The van der Waals surface area contributed by atoms with Crippen molar-refractivity contribution < 1.29 is 4.74 Å². The fraction of sp³-hybridized carbons (Fsp3) is 0.684. The van der Waals surface area contributed by atoms with Crippen molar-refractivity contribution in [2.75, 3.05) is 0 Å². The highest BCUT2D eigenvalue weighted by atomic mass is 16.5. The van der Waals surface area contributed by atoms with Crippen molar-refractivity contribution in [2.24, 2.45) is 17.1 Å². The molecule has 118 valence electrons. The van der Waals surface area contributed by atoms with Crippen molar-refractivity contribution >= 4 is 0 Å². The van der Waals surface area contributed by atoms with Crippen LogP contribution in [0.15, 0.2) is 24.3 Å². The molecule has 0 saturated heterocycles. The zero-order valence-corrected chi connectivity index (χ0v) is 14.1. The van der Waals surface area contributed by atoms with Gasteiger partial charge in [-0.15, -0.1) is 0 Å². The highest BCUT2D eigenvalue weighted by Crippen LogP contribution is 2.41. The third-order valence-electron chi connectivity index (χ3n) is 5.49. The maximum absolute atomic E-state index is 6.34. The molecule has 3 atom stereocenters. The molecule has 0 aromatic heterocycles. The molecule has 1 aliphatic rings. The van der Waals surface area contributed by atoms with Crippen LogP contribution in [0.2, 0.25) is 0 Å². The lowest BCUT2D eigenvalue weighted by Gasteiger charge is -2.42. The van der Waals surface area contributed by atoms with E-state index < -0.39 is 0 Å². The van der Waals surface area contributed by atoms with Crippen molar-refractivity contribution in [3.05, 3.63) is 29.8 Å². The minimum atomic E-state index is 0.155. The first-order chi connectivity index (χ1) is 9.97. The summed E-state index contributed by atoms with van der Waals surface area (Å²) >= 11 is 0. The molecule has 0 radical (unpaired) electrons. The van der Waals surface area contributed by atoms with Crippen molar-refractivity contribution in [2.45, 2.75) is 71.9 Å². The molecule has 0 aliphatic heterocycles. The van der Waals surface area contributed by atoms with Crippen LogP contribution in [0, 0.1) is 11.3 Å². The van der Waals surface area contributed by atoms with Crippen LogP contribution in [-0.2, 0) is 6.42 Å². The largest absolute Gasteiger partial charge is 0.489 e. The van der Waals surface area contributed by atoms with E-state index in [4.69, 9.17) is 10.5 Å². The Kier molecular flexibility index (Phi) is 5.32. The van der Waals surface area contributed by atoms with Gasteiger partial charge in [0.15, 0.2) is 0 Å². The minimum absolute atomic E-state index is 0.155. The van der Waals surface area contributed by atoms with Crippen LogP contribution < -0.4 is 10.5 Å². The Morgan fingerprint density at radius 1 is 1.19 bits per heavy atom. The summed E-state index contributed by atoms with van der Waals surface area (Å²) in [7, 11) is 0. The average molecular weight is 289 g/mol. The Bertz CT molecular complexity index is 455. The molecule has 1 aromatic carbocycles. The Hall–Kier alpha value is -1.02. The molecular weight excluding hydrogens is 258 g/mol. The summed E-state index contributed by atoms with van der Waals surface area (Å²) in [6.45, 7) is 9.22. The lowest BCUT2D eigenvalue weighted by molar-refractivity contribution is 0.0497. The molecule has 1 aliphatic carbocycles. The fourth-order valence-corrected chi connectivity index (χ4v) is 3.36. The monoisotopic (exact) mass is 289 g/mol. The molecule has 0 heterocycles. The zero-order chi connectivity index (χ0) is 15.5. The number of hydrogen-bond donors (Lipinski definition) is 1. The van der Waals surface area contributed by atoms with E-state index >= 15 is 0 Å².